The van der Waals surface area contributed by atoms with Crippen molar-refractivity contribution in [2.24, 2.45) is 5.73 Å². The van der Waals surface area contributed by atoms with Crippen molar-refractivity contribution in [1.29, 1.82) is 0 Å². The number of nitrogens with two attached hydrogens (primary N) is 1. The van der Waals surface area contributed by atoms with Gasteiger partial charge in [0.15, 0.2) is 23.5 Å². The van der Waals surface area contributed by atoms with Crippen LogP contribution in [0.25, 0.3) is 0 Å². The second kappa shape index (κ2) is 9.82. The van der Waals surface area contributed by atoms with Gasteiger partial charge in [-0.05, 0) is 37.5 Å². The summed E-state index contributed by atoms with van der Waals surface area (Å²) in [6.45, 7) is 1.45. The maximum Gasteiger partial charge on any atom is 0.254 e. The Hall–Kier alpha value is -2.54. The highest BCUT2D eigenvalue weighted by atomic mass is 19.1. The standard InChI is InChI=1S/C18H19F2NO4.CH4/c1-11(22)15(10-24-9-12-5-3-2-4-6-12)25-14-8-7-13(19)16(17(14)20)18(21)23;/h3,5-8,15H,2,4,9-10H2,1H3,(H2,21,23);1H4. The number of ether oxygens (including phenoxy) is 2. The molecular formula is C19H23F2NO4. The van der Waals surface area contributed by atoms with Gasteiger partial charge in [-0.3, -0.25) is 9.59 Å². The molecule has 0 saturated carbocycles. The minimum absolute atomic E-state index is 0. The summed E-state index contributed by atoms with van der Waals surface area (Å²) in [6.07, 6.45) is 6.81. The topological polar surface area (TPSA) is 78.6 Å². The summed E-state index contributed by atoms with van der Waals surface area (Å²) in [6, 6.07) is 1.85. The van der Waals surface area contributed by atoms with Crippen LogP contribution < -0.4 is 10.5 Å². The first-order valence-electron chi connectivity index (χ1n) is 7.78. The molecular weight excluding hydrogens is 344 g/mol. The summed E-state index contributed by atoms with van der Waals surface area (Å²) in [7, 11) is 0. The van der Waals surface area contributed by atoms with Crippen LogP contribution in [0.2, 0.25) is 0 Å². The number of hydrogen-bond donors (Lipinski definition) is 1. The van der Waals surface area contributed by atoms with E-state index < -0.39 is 40.7 Å². The lowest BCUT2D eigenvalue weighted by Crippen LogP contribution is -2.31. The Balaban J connectivity index is 0.00000338. The molecule has 0 heterocycles. The van der Waals surface area contributed by atoms with E-state index in [0.717, 1.165) is 30.5 Å². The van der Waals surface area contributed by atoms with E-state index in [4.69, 9.17) is 15.2 Å². The average Bonchev–Trinajstić information content (AvgIpc) is 2.56. The summed E-state index contributed by atoms with van der Waals surface area (Å²) < 4.78 is 38.4. The van der Waals surface area contributed by atoms with Crippen molar-refractivity contribution in [3.63, 3.8) is 0 Å². The normalized spacial score (nSPS) is 14.2. The van der Waals surface area contributed by atoms with Gasteiger partial charge in [-0.25, -0.2) is 8.78 Å². The van der Waals surface area contributed by atoms with E-state index in [9.17, 15) is 18.4 Å². The van der Waals surface area contributed by atoms with Gasteiger partial charge in [0.2, 0.25) is 0 Å². The molecule has 0 aliphatic heterocycles. The highest BCUT2D eigenvalue weighted by Gasteiger charge is 2.23. The number of rotatable bonds is 8. The zero-order valence-corrected chi connectivity index (χ0v) is 13.8. The van der Waals surface area contributed by atoms with Gasteiger partial charge in [-0.1, -0.05) is 25.7 Å². The third kappa shape index (κ3) is 5.49. The fourth-order valence-corrected chi connectivity index (χ4v) is 2.30. The predicted octanol–water partition coefficient (Wildman–Crippen LogP) is 3.33. The van der Waals surface area contributed by atoms with Crippen molar-refractivity contribution < 1.29 is 27.8 Å². The van der Waals surface area contributed by atoms with Crippen LogP contribution in [-0.2, 0) is 9.53 Å². The third-order valence-electron chi connectivity index (χ3n) is 3.63. The number of ketones is 1. The van der Waals surface area contributed by atoms with Crippen LogP contribution in [-0.4, -0.2) is 31.0 Å². The molecule has 2 rings (SSSR count). The van der Waals surface area contributed by atoms with Gasteiger partial charge >= 0.3 is 0 Å². The zero-order valence-electron chi connectivity index (χ0n) is 13.8. The highest BCUT2D eigenvalue weighted by Crippen LogP contribution is 2.24. The molecule has 1 amide bonds. The van der Waals surface area contributed by atoms with Gasteiger partial charge in [0.05, 0.1) is 13.2 Å². The molecule has 1 aliphatic carbocycles. The van der Waals surface area contributed by atoms with Crippen molar-refractivity contribution in [3.05, 3.63) is 53.1 Å². The Morgan fingerprint density at radius 3 is 2.58 bits per heavy atom. The molecule has 0 saturated heterocycles. The number of amides is 1. The molecule has 0 fully saturated rings. The summed E-state index contributed by atoms with van der Waals surface area (Å²) in [5, 5.41) is 0. The summed E-state index contributed by atoms with van der Waals surface area (Å²) in [4.78, 5) is 22.8. The molecule has 1 aliphatic rings. The van der Waals surface area contributed by atoms with Crippen molar-refractivity contribution in [2.45, 2.75) is 33.3 Å². The Labute approximate surface area is 151 Å². The van der Waals surface area contributed by atoms with Crippen LogP contribution in [0.4, 0.5) is 8.78 Å². The van der Waals surface area contributed by atoms with E-state index in [2.05, 4.69) is 0 Å². The number of carbonyl (C=O) groups is 2. The van der Waals surface area contributed by atoms with Gasteiger partial charge in [0, 0.05) is 0 Å². The van der Waals surface area contributed by atoms with E-state index in [0.29, 0.717) is 6.61 Å². The van der Waals surface area contributed by atoms with Gasteiger partial charge in [-0.2, -0.15) is 0 Å². The first-order chi connectivity index (χ1) is 11.9. The Bertz CT molecular complexity index is 728. The van der Waals surface area contributed by atoms with Gasteiger partial charge < -0.3 is 15.2 Å². The van der Waals surface area contributed by atoms with Crippen molar-refractivity contribution >= 4 is 11.7 Å². The fraction of sp³-hybridized carbons (Fsp3) is 0.368. The highest BCUT2D eigenvalue weighted by molar-refractivity contribution is 5.93. The first kappa shape index (κ1) is 21.5. The van der Waals surface area contributed by atoms with Gasteiger partial charge in [-0.15, -0.1) is 0 Å². The SMILES string of the molecule is C.CC(=O)C(COCC1=CCCC=C1)Oc1ccc(F)c(C(N)=O)c1F. The molecule has 142 valence electrons. The molecule has 2 N–H and O–H groups in total. The lowest BCUT2D eigenvalue weighted by Gasteiger charge is -2.18. The van der Waals surface area contributed by atoms with Crippen LogP contribution in [0.1, 0.15) is 37.6 Å². The van der Waals surface area contributed by atoms with Crippen LogP contribution in [0.3, 0.4) is 0 Å². The third-order valence-corrected chi connectivity index (χ3v) is 3.63. The van der Waals surface area contributed by atoms with Crippen molar-refractivity contribution in [1.82, 2.24) is 0 Å². The first-order valence-corrected chi connectivity index (χ1v) is 7.78. The average molecular weight is 367 g/mol. The van der Waals surface area contributed by atoms with Gasteiger partial charge in [0.25, 0.3) is 5.91 Å². The minimum Gasteiger partial charge on any atom is -0.477 e. The number of carbonyl (C=O) groups excluding carboxylic acids is 2. The maximum absolute atomic E-state index is 14.2. The minimum atomic E-state index is -1.26. The number of hydrogen-bond acceptors (Lipinski definition) is 4. The largest absolute Gasteiger partial charge is 0.477 e. The molecule has 0 aromatic heterocycles. The molecule has 1 atom stereocenters. The molecule has 7 heteroatoms. The molecule has 5 nitrogen and oxygen atoms in total. The van der Waals surface area contributed by atoms with Crippen LogP contribution in [0.15, 0.2) is 35.9 Å². The molecule has 0 bridgehead atoms. The number of Topliss-reactive ketones (excluding diaryl/α,β-unsaturated/α-hetero) is 1. The molecule has 0 radical (unpaired) electrons. The second-order valence-corrected chi connectivity index (χ2v) is 5.59. The Morgan fingerprint density at radius 2 is 2.00 bits per heavy atom. The number of allylic oxidation sites excluding steroid dienone is 2. The zero-order chi connectivity index (χ0) is 18.4. The summed E-state index contributed by atoms with van der Waals surface area (Å²) in [5.41, 5.74) is 5.04. The fourth-order valence-electron chi connectivity index (χ4n) is 2.30. The molecule has 1 unspecified atom stereocenters. The monoisotopic (exact) mass is 367 g/mol. The second-order valence-electron chi connectivity index (χ2n) is 5.59. The lowest BCUT2D eigenvalue weighted by atomic mass is 10.1. The molecule has 1 aromatic rings. The van der Waals surface area contributed by atoms with Gasteiger partial charge in [0.1, 0.15) is 11.4 Å². The van der Waals surface area contributed by atoms with Crippen LogP contribution >= 0.6 is 0 Å². The number of benzene rings is 1. The molecule has 0 spiro atoms. The van der Waals surface area contributed by atoms with Crippen LogP contribution in [0, 0.1) is 11.6 Å². The number of primary amides is 1. The predicted molar refractivity (Wildman–Crippen MR) is 94.0 cm³/mol. The van der Waals surface area contributed by atoms with Crippen molar-refractivity contribution in [2.75, 3.05) is 13.2 Å². The molecule has 1 aromatic carbocycles. The van der Waals surface area contributed by atoms with E-state index in [1.165, 1.54) is 6.92 Å². The van der Waals surface area contributed by atoms with E-state index in [-0.39, 0.29) is 14.0 Å². The van der Waals surface area contributed by atoms with Crippen molar-refractivity contribution in [3.8, 4) is 5.75 Å². The maximum atomic E-state index is 14.2. The molecule has 26 heavy (non-hydrogen) atoms. The van der Waals surface area contributed by atoms with E-state index in [1.807, 2.05) is 18.2 Å². The van der Waals surface area contributed by atoms with E-state index in [1.54, 1.807) is 0 Å². The Morgan fingerprint density at radius 1 is 1.27 bits per heavy atom. The lowest BCUT2D eigenvalue weighted by molar-refractivity contribution is -0.126. The summed E-state index contributed by atoms with van der Waals surface area (Å²) >= 11 is 0. The number of halogens is 2. The quantitative estimate of drug-likeness (QED) is 0.764. The smallest absolute Gasteiger partial charge is 0.254 e. The summed E-state index contributed by atoms with van der Waals surface area (Å²) in [5.74, 6) is -4.42. The Kier molecular flexibility index (Phi) is 8.12. The van der Waals surface area contributed by atoms with Crippen LogP contribution in [0.5, 0.6) is 5.75 Å². The van der Waals surface area contributed by atoms with E-state index >= 15 is 0 Å².